The quantitative estimate of drug-likeness (QED) is 0.601. The first-order chi connectivity index (χ1) is 13.2. The molecule has 0 spiro atoms. The predicted molar refractivity (Wildman–Crippen MR) is 105 cm³/mol. The summed E-state index contributed by atoms with van der Waals surface area (Å²) in [5.41, 5.74) is 4.20. The minimum atomic E-state index is -0.222. The van der Waals surface area contributed by atoms with E-state index in [9.17, 15) is 4.79 Å². The van der Waals surface area contributed by atoms with Crippen LogP contribution >= 0.6 is 0 Å². The van der Waals surface area contributed by atoms with Gasteiger partial charge in [-0.05, 0) is 42.5 Å². The maximum absolute atomic E-state index is 12.3. The number of rotatable bonds is 4. The van der Waals surface area contributed by atoms with Crippen LogP contribution < -0.4 is 10.1 Å². The summed E-state index contributed by atoms with van der Waals surface area (Å²) in [4.78, 5) is 21.1. The highest BCUT2D eigenvalue weighted by Gasteiger charge is 2.10. The highest BCUT2D eigenvalue weighted by molar-refractivity contribution is 6.04. The molecule has 0 saturated heterocycles. The largest absolute Gasteiger partial charge is 0.481 e. The van der Waals surface area contributed by atoms with E-state index in [1.807, 2.05) is 55.6 Å². The predicted octanol–water partition coefficient (Wildman–Crippen LogP) is 3.90. The van der Waals surface area contributed by atoms with Crippen LogP contribution in [-0.4, -0.2) is 27.6 Å². The first-order valence-corrected chi connectivity index (χ1v) is 8.49. The molecule has 2 aromatic heterocycles. The van der Waals surface area contributed by atoms with E-state index in [2.05, 4.69) is 14.9 Å². The average Bonchev–Trinajstić information content (AvgIpc) is 3.05. The van der Waals surface area contributed by atoms with Crippen molar-refractivity contribution in [2.45, 2.75) is 0 Å². The number of anilines is 1. The number of carbonyl (C=O) groups is 1. The number of hydrogen-bond donors (Lipinski definition) is 1. The number of methoxy groups -OCH3 is 1. The minimum Gasteiger partial charge on any atom is -0.481 e. The van der Waals surface area contributed by atoms with Gasteiger partial charge in [-0.3, -0.25) is 4.79 Å². The van der Waals surface area contributed by atoms with Crippen LogP contribution in [0.25, 0.3) is 22.4 Å². The van der Waals surface area contributed by atoms with Crippen molar-refractivity contribution in [2.24, 2.45) is 7.05 Å². The lowest BCUT2D eigenvalue weighted by Gasteiger charge is -2.07. The number of fused-ring (bicyclic) bond motifs is 1. The molecule has 0 bridgehead atoms. The highest BCUT2D eigenvalue weighted by atomic mass is 16.5. The smallest absolute Gasteiger partial charge is 0.257 e. The highest BCUT2D eigenvalue weighted by Crippen LogP contribution is 2.25. The average molecular weight is 358 g/mol. The molecule has 0 aliphatic heterocycles. The second-order valence-corrected chi connectivity index (χ2v) is 6.10. The molecule has 0 saturated carbocycles. The molecule has 1 amide bonds. The van der Waals surface area contributed by atoms with Gasteiger partial charge in [0.25, 0.3) is 5.91 Å². The summed E-state index contributed by atoms with van der Waals surface area (Å²) in [5, 5.41) is 2.87. The molecule has 0 aliphatic carbocycles. The Morgan fingerprint density at radius 3 is 2.48 bits per heavy atom. The van der Waals surface area contributed by atoms with Crippen molar-refractivity contribution in [2.75, 3.05) is 12.4 Å². The molecular weight excluding hydrogens is 340 g/mol. The molecule has 0 radical (unpaired) electrons. The molecule has 0 unspecified atom stereocenters. The van der Waals surface area contributed by atoms with Crippen molar-refractivity contribution in [1.29, 1.82) is 0 Å². The van der Waals surface area contributed by atoms with Gasteiger partial charge in [0.15, 0.2) is 0 Å². The lowest BCUT2D eigenvalue weighted by molar-refractivity contribution is 0.102. The summed E-state index contributed by atoms with van der Waals surface area (Å²) in [6.45, 7) is 0. The monoisotopic (exact) mass is 358 g/mol. The molecular formula is C21H18N4O2. The van der Waals surface area contributed by atoms with Gasteiger partial charge in [-0.2, -0.15) is 0 Å². The molecule has 134 valence electrons. The van der Waals surface area contributed by atoms with Gasteiger partial charge in [0.1, 0.15) is 5.82 Å². The van der Waals surface area contributed by atoms with E-state index >= 15 is 0 Å². The van der Waals surface area contributed by atoms with E-state index in [1.165, 1.54) is 13.3 Å². The number of pyridine rings is 1. The van der Waals surface area contributed by atoms with E-state index < -0.39 is 0 Å². The summed E-state index contributed by atoms with van der Waals surface area (Å²) in [5.74, 6) is 1.13. The lowest BCUT2D eigenvalue weighted by atomic mass is 10.2. The number of ether oxygens (including phenoxy) is 1. The summed E-state index contributed by atoms with van der Waals surface area (Å²) >= 11 is 0. The van der Waals surface area contributed by atoms with Crippen LogP contribution in [-0.2, 0) is 7.05 Å². The van der Waals surface area contributed by atoms with E-state index in [-0.39, 0.29) is 5.91 Å². The molecule has 2 heterocycles. The number of imidazole rings is 1. The Morgan fingerprint density at radius 2 is 1.81 bits per heavy atom. The molecule has 1 N–H and O–H groups in total. The number of para-hydroxylation sites is 2. The van der Waals surface area contributed by atoms with Gasteiger partial charge >= 0.3 is 0 Å². The van der Waals surface area contributed by atoms with E-state index in [0.717, 1.165) is 22.4 Å². The van der Waals surface area contributed by atoms with Gasteiger partial charge < -0.3 is 14.6 Å². The number of nitrogens with one attached hydrogen (secondary N) is 1. The summed E-state index contributed by atoms with van der Waals surface area (Å²) in [7, 11) is 3.53. The minimum absolute atomic E-state index is 0.222. The first kappa shape index (κ1) is 16.8. The molecule has 0 fully saturated rings. The van der Waals surface area contributed by atoms with E-state index in [4.69, 9.17) is 9.72 Å². The zero-order valence-electron chi connectivity index (χ0n) is 15.0. The number of amides is 1. The lowest BCUT2D eigenvalue weighted by Crippen LogP contribution is -2.12. The first-order valence-electron chi connectivity index (χ1n) is 8.49. The Balaban J connectivity index is 1.54. The standard InChI is InChI=1S/C21H18N4O2/c1-25-18-6-4-3-5-17(18)24-20(25)14-7-10-16(11-8-14)23-21(26)15-9-12-19(27-2)22-13-15/h3-13H,1-2H3,(H,23,26). The fourth-order valence-corrected chi connectivity index (χ4v) is 2.94. The van der Waals surface area contributed by atoms with Gasteiger partial charge in [-0.15, -0.1) is 0 Å². The topological polar surface area (TPSA) is 69.0 Å². The Morgan fingerprint density at radius 1 is 1.04 bits per heavy atom. The van der Waals surface area contributed by atoms with Crippen molar-refractivity contribution < 1.29 is 9.53 Å². The van der Waals surface area contributed by atoms with Gasteiger partial charge in [-0.1, -0.05) is 12.1 Å². The number of hydrogen-bond acceptors (Lipinski definition) is 4. The van der Waals surface area contributed by atoms with Crippen molar-refractivity contribution in [3.8, 4) is 17.3 Å². The molecule has 4 aromatic rings. The molecule has 4 rings (SSSR count). The maximum atomic E-state index is 12.3. The molecule has 0 aliphatic rings. The Kier molecular flexibility index (Phi) is 4.30. The van der Waals surface area contributed by atoms with Crippen LogP contribution in [0.2, 0.25) is 0 Å². The van der Waals surface area contributed by atoms with Gasteiger partial charge in [0, 0.05) is 30.6 Å². The number of carbonyl (C=O) groups excluding carboxylic acids is 1. The van der Waals surface area contributed by atoms with Crippen molar-refractivity contribution >= 4 is 22.6 Å². The van der Waals surface area contributed by atoms with E-state index in [1.54, 1.807) is 12.1 Å². The summed E-state index contributed by atoms with van der Waals surface area (Å²) in [6, 6.07) is 19.0. The zero-order valence-corrected chi connectivity index (χ0v) is 15.0. The summed E-state index contributed by atoms with van der Waals surface area (Å²) in [6.07, 6.45) is 1.49. The number of nitrogens with zero attached hydrogens (tertiary/aromatic N) is 3. The Hall–Kier alpha value is -3.67. The van der Waals surface area contributed by atoms with Crippen LogP contribution in [0.3, 0.4) is 0 Å². The van der Waals surface area contributed by atoms with Crippen LogP contribution in [0, 0.1) is 0 Å². The number of aryl methyl sites for hydroxylation is 1. The van der Waals surface area contributed by atoms with E-state index in [0.29, 0.717) is 17.1 Å². The number of aromatic nitrogens is 3. The van der Waals surface area contributed by atoms with Gasteiger partial charge in [0.2, 0.25) is 5.88 Å². The number of benzene rings is 2. The third-order valence-corrected chi connectivity index (χ3v) is 4.40. The molecule has 6 heteroatoms. The fraction of sp³-hybridized carbons (Fsp3) is 0.0952. The molecule has 2 aromatic carbocycles. The van der Waals surface area contributed by atoms with Crippen LogP contribution in [0.5, 0.6) is 5.88 Å². The van der Waals surface area contributed by atoms with Crippen LogP contribution in [0.15, 0.2) is 66.9 Å². The fourth-order valence-electron chi connectivity index (χ4n) is 2.94. The third kappa shape index (κ3) is 3.25. The summed E-state index contributed by atoms with van der Waals surface area (Å²) < 4.78 is 7.06. The zero-order chi connectivity index (χ0) is 18.8. The molecule has 6 nitrogen and oxygen atoms in total. The maximum Gasteiger partial charge on any atom is 0.257 e. The second-order valence-electron chi connectivity index (χ2n) is 6.10. The molecule has 0 atom stereocenters. The van der Waals surface area contributed by atoms with Gasteiger partial charge in [0.05, 0.1) is 23.7 Å². The van der Waals surface area contributed by atoms with Crippen molar-refractivity contribution in [1.82, 2.24) is 14.5 Å². The normalized spacial score (nSPS) is 10.7. The SMILES string of the molecule is COc1ccc(C(=O)Nc2ccc(-c3nc4ccccc4n3C)cc2)cn1. The van der Waals surface area contributed by atoms with Gasteiger partial charge in [-0.25, -0.2) is 9.97 Å². The Labute approximate surface area is 156 Å². The van der Waals surface area contributed by atoms with Crippen LogP contribution in [0.1, 0.15) is 10.4 Å². The molecule has 27 heavy (non-hydrogen) atoms. The van der Waals surface area contributed by atoms with Crippen molar-refractivity contribution in [3.05, 3.63) is 72.4 Å². The second kappa shape index (κ2) is 6.92. The van der Waals surface area contributed by atoms with Crippen LogP contribution in [0.4, 0.5) is 5.69 Å². The van der Waals surface area contributed by atoms with Crippen molar-refractivity contribution in [3.63, 3.8) is 0 Å². The Bertz CT molecular complexity index is 1100. The third-order valence-electron chi connectivity index (χ3n) is 4.40.